The Kier molecular flexibility index (Phi) is 7.65. The molecule has 0 fully saturated rings. The van der Waals surface area contributed by atoms with E-state index in [4.69, 9.17) is 9.73 Å². The maximum atomic E-state index is 5.19. The van der Waals surface area contributed by atoms with Gasteiger partial charge in [-0.3, -0.25) is 4.99 Å². The lowest BCUT2D eigenvalue weighted by Gasteiger charge is -2.22. The van der Waals surface area contributed by atoms with E-state index >= 15 is 0 Å². The van der Waals surface area contributed by atoms with E-state index in [1.807, 2.05) is 12.1 Å². The minimum atomic E-state index is 0.684. The Morgan fingerprint density at radius 3 is 2.48 bits per heavy atom. The smallest absolute Gasteiger partial charge is 0.193 e. The van der Waals surface area contributed by atoms with Crippen molar-refractivity contribution in [2.45, 2.75) is 33.7 Å². The normalized spacial score (nSPS) is 11.6. The summed E-state index contributed by atoms with van der Waals surface area (Å²) < 4.78 is 5.19. The van der Waals surface area contributed by atoms with Crippen molar-refractivity contribution in [3.63, 3.8) is 0 Å². The predicted octanol–water partition coefficient (Wildman–Crippen LogP) is 3.14. The van der Waals surface area contributed by atoms with Crippen LogP contribution in [0.25, 0.3) is 0 Å². The molecule has 4 heteroatoms. The summed E-state index contributed by atoms with van der Waals surface area (Å²) in [5.41, 5.74) is 1.24. The van der Waals surface area contributed by atoms with E-state index in [2.05, 4.69) is 50.2 Å². The molecule has 1 aromatic rings. The van der Waals surface area contributed by atoms with Gasteiger partial charge in [-0.2, -0.15) is 0 Å². The van der Waals surface area contributed by atoms with Gasteiger partial charge < -0.3 is 15.0 Å². The topological polar surface area (TPSA) is 36.9 Å². The van der Waals surface area contributed by atoms with Crippen LogP contribution >= 0.6 is 0 Å². The van der Waals surface area contributed by atoms with E-state index in [-0.39, 0.29) is 0 Å². The molecule has 1 N–H and O–H groups in total. The number of hydrogen-bond acceptors (Lipinski definition) is 2. The third kappa shape index (κ3) is 6.52. The van der Waals surface area contributed by atoms with E-state index in [0.717, 1.165) is 37.8 Å². The summed E-state index contributed by atoms with van der Waals surface area (Å²) in [6.45, 7) is 9.13. The molecule has 0 heterocycles. The van der Waals surface area contributed by atoms with Crippen molar-refractivity contribution in [2.24, 2.45) is 10.9 Å². The molecule has 118 valence electrons. The molecular weight excluding hydrogens is 262 g/mol. The molecule has 0 spiro atoms. The molecule has 0 radical (unpaired) electrons. The molecule has 1 aromatic carbocycles. The van der Waals surface area contributed by atoms with Crippen LogP contribution in [0.5, 0.6) is 5.75 Å². The molecule has 0 saturated heterocycles. The zero-order valence-corrected chi connectivity index (χ0v) is 14.0. The van der Waals surface area contributed by atoms with Crippen LogP contribution in [-0.4, -0.2) is 38.1 Å². The third-order valence-electron chi connectivity index (χ3n) is 3.24. The minimum absolute atomic E-state index is 0.684. The zero-order chi connectivity index (χ0) is 15.7. The molecule has 0 saturated carbocycles. The first-order chi connectivity index (χ1) is 10.1. The maximum Gasteiger partial charge on any atom is 0.193 e. The summed E-state index contributed by atoms with van der Waals surface area (Å²) in [5.74, 6) is 2.54. The first kappa shape index (κ1) is 17.3. The predicted molar refractivity (Wildman–Crippen MR) is 89.9 cm³/mol. The van der Waals surface area contributed by atoms with Gasteiger partial charge in [0.2, 0.25) is 0 Å². The van der Waals surface area contributed by atoms with Crippen molar-refractivity contribution in [3.8, 4) is 5.75 Å². The summed E-state index contributed by atoms with van der Waals surface area (Å²) in [4.78, 5) is 6.85. The third-order valence-corrected chi connectivity index (χ3v) is 3.24. The second-order valence-electron chi connectivity index (χ2n) is 5.62. The summed E-state index contributed by atoms with van der Waals surface area (Å²) in [6.07, 6.45) is 1.12. The van der Waals surface area contributed by atoms with Gasteiger partial charge in [0.05, 0.1) is 7.11 Å². The quantitative estimate of drug-likeness (QED) is 0.619. The highest BCUT2D eigenvalue weighted by Gasteiger charge is 2.06. The van der Waals surface area contributed by atoms with E-state index in [9.17, 15) is 0 Å². The van der Waals surface area contributed by atoms with E-state index in [1.54, 1.807) is 7.11 Å². The van der Waals surface area contributed by atoms with Crippen molar-refractivity contribution in [1.29, 1.82) is 0 Å². The number of ether oxygens (including phenoxy) is 1. The first-order valence-electron chi connectivity index (χ1n) is 7.69. The Bertz CT molecular complexity index is 426. The number of nitrogens with zero attached hydrogens (tertiary/aromatic N) is 2. The average molecular weight is 291 g/mol. The molecule has 0 aliphatic heterocycles. The van der Waals surface area contributed by atoms with Crippen molar-refractivity contribution in [3.05, 3.63) is 29.8 Å². The standard InChI is InChI=1S/C17H29N3O/c1-6-18-17(19-12-11-14(2)3)20(4)13-15-7-9-16(21-5)10-8-15/h7-10,14H,6,11-13H2,1-5H3,(H,18,19). The van der Waals surface area contributed by atoms with Crippen LogP contribution in [-0.2, 0) is 6.54 Å². The first-order valence-corrected chi connectivity index (χ1v) is 7.69. The largest absolute Gasteiger partial charge is 0.497 e. The van der Waals surface area contributed by atoms with Gasteiger partial charge in [0, 0.05) is 26.7 Å². The summed E-state index contributed by atoms with van der Waals surface area (Å²) in [7, 11) is 3.76. The number of benzene rings is 1. The molecule has 1 rings (SSSR count). The Labute approximate surface area is 129 Å². The van der Waals surface area contributed by atoms with Gasteiger partial charge >= 0.3 is 0 Å². The van der Waals surface area contributed by atoms with Crippen molar-refractivity contribution in [2.75, 3.05) is 27.2 Å². The Morgan fingerprint density at radius 1 is 1.29 bits per heavy atom. The number of hydrogen-bond donors (Lipinski definition) is 1. The maximum absolute atomic E-state index is 5.19. The number of methoxy groups -OCH3 is 1. The van der Waals surface area contributed by atoms with Crippen molar-refractivity contribution in [1.82, 2.24) is 10.2 Å². The molecule has 21 heavy (non-hydrogen) atoms. The van der Waals surface area contributed by atoms with Gasteiger partial charge in [0.15, 0.2) is 5.96 Å². The molecule has 0 aliphatic rings. The number of aliphatic imine (C=N–C) groups is 1. The highest BCUT2D eigenvalue weighted by atomic mass is 16.5. The molecule has 4 nitrogen and oxygen atoms in total. The highest BCUT2D eigenvalue weighted by Crippen LogP contribution is 2.12. The fraction of sp³-hybridized carbons (Fsp3) is 0.588. The molecule has 0 unspecified atom stereocenters. The summed E-state index contributed by atoms with van der Waals surface area (Å²) >= 11 is 0. The summed E-state index contributed by atoms with van der Waals surface area (Å²) in [6, 6.07) is 8.16. The van der Waals surface area contributed by atoms with E-state index in [0.29, 0.717) is 5.92 Å². The Balaban J connectivity index is 2.64. The monoisotopic (exact) mass is 291 g/mol. The molecule has 0 bridgehead atoms. The lowest BCUT2D eigenvalue weighted by atomic mass is 10.1. The molecular formula is C17H29N3O. The van der Waals surface area contributed by atoms with E-state index in [1.165, 1.54) is 5.56 Å². The summed E-state index contributed by atoms with van der Waals surface area (Å²) in [5, 5.41) is 3.35. The Hall–Kier alpha value is -1.71. The second kappa shape index (κ2) is 9.27. The van der Waals surface area contributed by atoms with Crippen LogP contribution < -0.4 is 10.1 Å². The van der Waals surface area contributed by atoms with Gasteiger partial charge in [-0.25, -0.2) is 0 Å². The number of guanidine groups is 1. The van der Waals surface area contributed by atoms with Crippen molar-refractivity contribution >= 4 is 5.96 Å². The minimum Gasteiger partial charge on any atom is -0.497 e. The molecule has 0 atom stereocenters. The highest BCUT2D eigenvalue weighted by molar-refractivity contribution is 5.79. The second-order valence-corrected chi connectivity index (χ2v) is 5.62. The SMILES string of the molecule is CCNC(=NCCC(C)C)N(C)Cc1ccc(OC)cc1. The van der Waals surface area contributed by atoms with Crippen molar-refractivity contribution < 1.29 is 4.74 Å². The van der Waals surface area contributed by atoms with Gasteiger partial charge in [-0.1, -0.05) is 26.0 Å². The van der Waals surface area contributed by atoms with Crippen LogP contribution in [0.15, 0.2) is 29.3 Å². The molecule has 0 amide bonds. The van der Waals surface area contributed by atoms with Gasteiger partial charge in [-0.05, 0) is 37.0 Å². The van der Waals surface area contributed by atoms with Crippen LogP contribution in [0, 0.1) is 5.92 Å². The van der Waals surface area contributed by atoms with Crippen LogP contribution in [0.2, 0.25) is 0 Å². The Morgan fingerprint density at radius 2 is 1.95 bits per heavy atom. The van der Waals surface area contributed by atoms with Gasteiger partial charge in [0.25, 0.3) is 0 Å². The fourth-order valence-corrected chi connectivity index (χ4v) is 1.98. The fourth-order valence-electron chi connectivity index (χ4n) is 1.98. The zero-order valence-electron chi connectivity index (χ0n) is 14.0. The van der Waals surface area contributed by atoms with E-state index < -0.39 is 0 Å². The lowest BCUT2D eigenvalue weighted by molar-refractivity contribution is 0.414. The van der Waals surface area contributed by atoms with Gasteiger partial charge in [-0.15, -0.1) is 0 Å². The molecule has 0 aromatic heterocycles. The number of rotatable bonds is 7. The van der Waals surface area contributed by atoms with Gasteiger partial charge in [0.1, 0.15) is 5.75 Å². The van der Waals surface area contributed by atoms with Crippen LogP contribution in [0.4, 0.5) is 0 Å². The average Bonchev–Trinajstić information content (AvgIpc) is 2.46. The number of nitrogens with one attached hydrogen (secondary N) is 1. The lowest BCUT2D eigenvalue weighted by Crippen LogP contribution is -2.38. The molecule has 0 aliphatic carbocycles. The van der Waals surface area contributed by atoms with Crippen LogP contribution in [0.1, 0.15) is 32.8 Å². The van der Waals surface area contributed by atoms with Crippen LogP contribution in [0.3, 0.4) is 0 Å².